The molecule has 1 aromatic carbocycles. The van der Waals surface area contributed by atoms with Crippen LogP contribution in [0.5, 0.6) is 0 Å². The summed E-state index contributed by atoms with van der Waals surface area (Å²) in [5.74, 6) is 6.67. The predicted octanol–water partition coefficient (Wildman–Crippen LogP) is 2.65. The second-order valence-corrected chi connectivity index (χ2v) is 5.30. The van der Waals surface area contributed by atoms with E-state index in [-0.39, 0.29) is 6.61 Å². The zero-order valence-corrected chi connectivity index (χ0v) is 11.7. The molecule has 1 aromatic rings. The van der Waals surface area contributed by atoms with Gasteiger partial charge in [0, 0.05) is 18.7 Å². The topological polar surface area (TPSA) is 23.5 Å². The van der Waals surface area contributed by atoms with Gasteiger partial charge < -0.3 is 5.11 Å². The van der Waals surface area contributed by atoms with Gasteiger partial charge in [-0.05, 0) is 36.9 Å². The van der Waals surface area contributed by atoms with Crippen LogP contribution in [0.1, 0.15) is 37.3 Å². The molecule has 1 aliphatic rings. The van der Waals surface area contributed by atoms with Crippen LogP contribution in [0.3, 0.4) is 0 Å². The first-order valence-corrected chi connectivity index (χ1v) is 7.23. The number of nitrogens with zero attached hydrogens (tertiary/aromatic N) is 1. The second kappa shape index (κ2) is 7.33. The highest BCUT2D eigenvalue weighted by atomic mass is 16.2. The lowest BCUT2D eigenvalue weighted by molar-refractivity contribution is 0.312. The van der Waals surface area contributed by atoms with Crippen LogP contribution in [0.2, 0.25) is 0 Å². The minimum absolute atomic E-state index is 0.0728. The molecule has 102 valence electrons. The third kappa shape index (κ3) is 4.09. The van der Waals surface area contributed by atoms with E-state index >= 15 is 0 Å². The Morgan fingerprint density at radius 2 is 2.21 bits per heavy atom. The number of hydrogen-bond donors (Lipinski definition) is 1. The molecule has 0 amide bonds. The van der Waals surface area contributed by atoms with Gasteiger partial charge in [0.1, 0.15) is 6.61 Å². The van der Waals surface area contributed by atoms with Crippen molar-refractivity contribution in [2.24, 2.45) is 5.92 Å². The fourth-order valence-corrected chi connectivity index (χ4v) is 2.86. The molecule has 0 spiro atoms. The summed E-state index contributed by atoms with van der Waals surface area (Å²) < 4.78 is 0. The van der Waals surface area contributed by atoms with Crippen LogP contribution in [-0.2, 0) is 6.54 Å². The number of benzene rings is 1. The SMILES string of the molecule is CCCC1CCN(Cc2ccccc2C#CCO)C1. The quantitative estimate of drug-likeness (QED) is 0.838. The molecule has 1 atom stereocenters. The maximum atomic E-state index is 8.81. The monoisotopic (exact) mass is 257 g/mol. The standard InChI is InChI=1S/C17H23NO/c1-2-6-15-10-11-18(13-15)14-17-8-4-3-7-16(17)9-5-12-19/h3-4,7-8,15,19H,2,6,10-14H2,1H3. The lowest BCUT2D eigenvalue weighted by Crippen LogP contribution is -2.20. The fourth-order valence-electron chi connectivity index (χ4n) is 2.86. The van der Waals surface area contributed by atoms with Crippen LogP contribution in [-0.4, -0.2) is 29.7 Å². The van der Waals surface area contributed by atoms with Crippen LogP contribution in [0.25, 0.3) is 0 Å². The van der Waals surface area contributed by atoms with Gasteiger partial charge in [0.05, 0.1) is 0 Å². The van der Waals surface area contributed by atoms with Gasteiger partial charge in [-0.25, -0.2) is 0 Å². The van der Waals surface area contributed by atoms with Gasteiger partial charge in [-0.15, -0.1) is 0 Å². The molecular formula is C17H23NO. The van der Waals surface area contributed by atoms with Gasteiger partial charge in [-0.3, -0.25) is 4.90 Å². The summed E-state index contributed by atoms with van der Waals surface area (Å²) in [6, 6.07) is 8.26. The molecule has 0 saturated carbocycles. The van der Waals surface area contributed by atoms with Crippen molar-refractivity contribution in [1.82, 2.24) is 4.90 Å². The van der Waals surface area contributed by atoms with Crippen LogP contribution in [0.15, 0.2) is 24.3 Å². The van der Waals surface area contributed by atoms with E-state index in [1.54, 1.807) is 0 Å². The number of aliphatic hydroxyl groups is 1. The van der Waals surface area contributed by atoms with Crippen molar-refractivity contribution in [1.29, 1.82) is 0 Å². The van der Waals surface area contributed by atoms with E-state index in [2.05, 4.69) is 35.8 Å². The number of rotatable bonds is 4. The largest absolute Gasteiger partial charge is 0.384 e. The summed E-state index contributed by atoms with van der Waals surface area (Å²) in [7, 11) is 0. The molecule has 2 nitrogen and oxygen atoms in total. The zero-order chi connectivity index (χ0) is 13.5. The van der Waals surface area contributed by atoms with Crippen molar-refractivity contribution in [3.8, 4) is 11.8 Å². The van der Waals surface area contributed by atoms with E-state index in [0.29, 0.717) is 0 Å². The molecule has 2 heteroatoms. The Morgan fingerprint density at radius 3 is 3.00 bits per heavy atom. The number of likely N-dealkylation sites (tertiary alicyclic amines) is 1. The van der Waals surface area contributed by atoms with Gasteiger partial charge in [0.2, 0.25) is 0 Å². The number of aliphatic hydroxyl groups excluding tert-OH is 1. The molecular weight excluding hydrogens is 234 g/mol. The molecule has 1 N–H and O–H groups in total. The third-order valence-electron chi connectivity index (χ3n) is 3.78. The maximum absolute atomic E-state index is 8.81. The van der Waals surface area contributed by atoms with Gasteiger partial charge in [-0.1, -0.05) is 43.4 Å². The molecule has 1 saturated heterocycles. The lowest BCUT2D eigenvalue weighted by Gasteiger charge is -2.17. The minimum Gasteiger partial charge on any atom is -0.384 e. The van der Waals surface area contributed by atoms with Crippen LogP contribution >= 0.6 is 0 Å². The van der Waals surface area contributed by atoms with Crippen LogP contribution in [0.4, 0.5) is 0 Å². The first-order valence-electron chi connectivity index (χ1n) is 7.23. The molecule has 1 aliphatic heterocycles. The van der Waals surface area contributed by atoms with Gasteiger partial charge in [0.15, 0.2) is 0 Å². The Kier molecular flexibility index (Phi) is 5.44. The molecule has 0 bridgehead atoms. The highest BCUT2D eigenvalue weighted by Gasteiger charge is 2.21. The van der Waals surface area contributed by atoms with Crippen molar-refractivity contribution >= 4 is 0 Å². The van der Waals surface area contributed by atoms with Crippen molar-refractivity contribution in [2.75, 3.05) is 19.7 Å². The molecule has 2 rings (SSSR count). The highest BCUT2D eigenvalue weighted by Crippen LogP contribution is 2.23. The van der Waals surface area contributed by atoms with E-state index < -0.39 is 0 Å². The summed E-state index contributed by atoms with van der Waals surface area (Å²) in [5, 5.41) is 8.81. The van der Waals surface area contributed by atoms with Gasteiger partial charge >= 0.3 is 0 Å². The van der Waals surface area contributed by atoms with Crippen molar-refractivity contribution in [2.45, 2.75) is 32.7 Å². The van der Waals surface area contributed by atoms with Gasteiger partial charge in [0.25, 0.3) is 0 Å². The Balaban J connectivity index is 2.00. The first-order chi connectivity index (χ1) is 9.33. The van der Waals surface area contributed by atoms with Crippen molar-refractivity contribution < 1.29 is 5.11 Å². The molecule has 0 aromatic heterocycles. The predicted molar refractivity (Wildman–Crippen MR) is 78.7 cm³/mol. The molecule has 0 aliphatic carbocycles. The zero-order valence-electron chi connectivity index (χ0n) is 11.7. The normalized spacial score (nSPS) is 19.2. The third-order valence-corrected chi connectivity index (χ3v) is 3.78. The molecule has 0 radical (unpaired) electrons. The summed E-state index contributed by atoms with van der Waals surface area (Å²) in [6.45, 7) is 5.59. The summed E-state index contributed by atoms with van der Waals surface area (Å²) >= 11 is 0. The van der Waals surface area contributed by atoms with Crippen LogP contribution in [0, 0.1) is 17.8 Å². The van der Waals surface area contributed by atoms with E-state index in [9.17, 15) is 0 Å². The average Bonchev–Trinajstić information content (AvgIpc) is 2.86. The smallest absolute Gasteiger partial charge is 0.104 e. The van der Waals surface area contributed by atoms with Crippen LogP contribution < -0.4 is 0 Å². The Hall–Kier alpha value is -1.30. The fraction of sp³-hybridized carbons (Fsp3) is 0.529. The van der Waals surface area contributed by atoms with E-state index in [4.69, 9.17) is 5.11 Å². The van der Waals surface area contributed by atoms with Crippen molar-refractivity contribution in [3.05, 3.63) is 35.4 Å². The Bertz CT molecular complexity index is 458. The average molecular weight is 257 g/mol. The van der Waals surface area contributed by atoms with Gasteiger partial charge in [-0.2, -0.15) is 0 Å². The molecule has 1 fully saturated rings. The highest BCUT2D eigenvalue weighted by molar-refractivity contribution is 5.41. The Labute approximate surface area is 116 Å². The Morgan fingerprint density at radius 1 is 1.37 bits per heavy atom. The maximum Gasteiger partial charge on any atom is 0.104 e. The summed E-state index contributed by atoms with van der Waals surface area (Å²) in [5.41, 5.74) is 2.33. The molecule has 1 heterocycles. The molecule has 1 unspecified atom stereocenters. The molecule has 19 heavy (non-hydrogen) atoms. The summed E-state index contributed by atoms with van der Waals surface area (Å²) in [4.78, 5) is 2.53. The summed E-state index contributed by atoms with van der Waals surface area (Å²) in [6.07, 6.45) is 3.97. The number of hydrogen-bond acceptors (Lipinski definition) is 2. The first kappa shape index (κ1) is 14.1. The van der Waals surface area contributed by atoms with E-state index in [1.807, 2.05) is 12.1 Å². The van der Waals surface area contributed by atoms with Crippen molar-refractivity contribution in [3.63, 3.8) is 0 Å². The lowest BCUT2D eigenvalue weighted by atomic mass is 10.0. The van der Waals surface area contributed by atoms with E-state index in [1.165, 1.54) is 37.9 Å². The minimum atomic E-state index is -0.0728. The second-order valence-electron chi connectivity index (χ2n) is 5.30. The van der Waals surface area contributed by atoms with E-state index in [0.717, 1.165) is 18.0 Å².